The molecule has 1 heterocycles. The van der Waals surface area contributed by atoms with Crippen molar-refractivity contribution in [1.29, 1.82) is 0 Å². The van der Waals surface area contributed by atoms with Crippen molar-refractivity contribution in [3.05, 3.63) is 15.6 Å². The highest BCUT2D eigenvalue weighted by Gasteiger charge is 2.23. The summed E-state index contributed by atoms with van der Waals surface area (Å²) in [6.07, 6.45) is 4.12. The molecule has 0 spiro atoms. The monoisotopic (exact) mass is 211 g/mol. The maximum Gasteiger partial charge on any atom is 0.0900 e. The standard InChI is InChI=1S/C11H17NOS/c1-7-11(14-8(2)12-7)9-3-5-10(13)6-4-9/h9-10,13H,3-6H2,1-2H3. The number of aliphatic hydroxyl groups excluding tert-OH is 1. The van der Waals surface area contributed by atoms with E-state index >= 15 is 0 Å². The molecule has 1 aliphatic carbocycles. The van der Waals surface area contributed by atoms with Gasteiger partial charge in [-0.1, -0.05) is 0 Å². The summed E-state index contributed by atoms with van der Waals surface area (Å²) in [7, 11) is 0. The molecule has 2 nitrogen and oxygen atoms in total. The first kappa shape index (κ1) is 10.1. The minimum atomic E-state index is -0.0550. The molecule has 0 bridgehead atoms. The molecule has 0 radical (unpaired) electrons. The zero-order chi connectivity index (χ0) is 10.1. The highest BCUT2D eigenvalue weighted by atomic mass is 32.1. The van der Waals surface area contributed by atoms with E-state index in [1.54, 1.807) is 0 Å². The largest absolute Gasteiger partial charge is 0.393 e. The van der Waals surface area contributed by atoms with Crippen LogP contribution in [0, 0.1) is 13.8 Å². The lowest BCUT2D eigenvalue weighted by atomic mass is 9.86. The molecule has 78 valence electrons. The Labute approximate surface area is 89.0 Å². The quantitative estimate of drug-likeness (QED) is 0.775. The Morgan fingerprint density at radius 3 is 2.36 bits per heavy atom. The number of aliphatic hydroxyl groups is 1. The molecule has 0 amide bonds. The maximum atomic E-state index is 9.44. The lowest BCUT2D eigenvalue weighted by Crippen LogP contribution is -2.16. The number of nitrogens with zero attached hydrogens (tertiary/aromatic N) is 1. The summed E-state index contributed by atoms with van der Waals surface area (Å²) in [5.41, 5.74) is 1.20. The fourth-order valence-electron chi connectivity index (χ4n) is 2.26. The minimum Gasteiger partial charge on any atom is -0.393 e. The lowest BCUT2D eigenvalue weighted by Gasteiger charge is -2.24. The summed E-state index contributed by atoms with van der Waals surface area (Å²) in [5.74, 6) is 0.657. The van der Waals surface area contributed by atoms with Gasteiger partial charge in [0.1, 0.15) is 0 Å². The number of aromatic nitrogens is 1. The van der Waals surface area contributed by atoms with Gasteiger partial charge in [0.15, 0.2) is 0 Å². The van der Waals surface area contributed by atoms with E-state index in [1.165, 1.54) is 15.6 Å². The molecule has 3 heteroatoms. The molecule has 1 aliphatic rings. The van der Waals surface area contributed by atoms with Crippen LogP contribution in [0.15, 0.2) is 0 Å². The first-order valence-electron chi connectivity index (χ1n) is 5.29. The van der Waals surface area contributed by atoms with Gasteiger partial charge >= 0.3 is 0 Å². The van der Waals surface area contributed by atoms with E-state index in [2.05, 4.69) is 18.8 Å². The van der Waals surface area contributed by atoms with Crippen LogP contribution in [0.5, 0.6) is 0 Å². The van der Waals surface area contributed by atoms with E-state index in [0.29, 0.717) is 5.92 Å². The number of hydrogen-bond donors (Lipinski definition) is 1. The third-order valence-electron chi connectivity index (χ3n) is 3.01. The average Bonchev–Trinajstić information content (AvgIpc) is 2.47. The second kappa shape index (κ2) is 3.99. The Morgan fingerprint density at radius 2 is 1.86 bits per heavy atom. The Bertz CT molecular complexity index is 313. The van der Waals surface area contributed by atoms with Gasteiger partial charge in [-0.2, -0.15) is 0 Å². The molecule has 0 atom stereocenters. The Kier molecular flexibility index (Phi) is 2.88. The van der Waals surface area contributed by atoms with Crippen LogP contribution in [0.1, 0.15) is 47.2 Å². The van der Waals surface area contributed by atoms with E-state index in [9.17, 15) is 5.11 Å². The highest BCUT2D eigenvalue weighted by molar-refractivity contribution is 7.11. The van der Waals surface area contributed by atoms with Crippen LogP contribution in [0.2, 0.25) is 0 Å². The number of thiazole rings is 1. The van der Waals surface area contributed by atoms with Gasteiger partial charge in [0, 0.05) is 4.88 Å². The van der Waals surface area contributed by atoms with E-state index < -0.39 is 0 Å². The summed E-state index contributed by atoms with van der Waals surface area (Å²) < 4.78 is 0. The number of rotatable bonds is 1. The second-order valence-electron chi connectivity index (χ2n) is 4.19. The van der Waals surface area contributed by atoms with Gasteiger partial charge in [-0.3, -0.25) is 0 Å². The van der Waals surface area contributed by atoms with Gasteiger partial charge in [-0.15, -0.1) is 11.3 Å². The summed E-state index contributed by atoms with van der Waals surface area (Å²) in [4.78, 5) is 5.91. The molecular formula is C11H17NOS. The average molecular weight is 211 g/mol. The molecule has 1 aromatic heterocycles. The molecule has 14 heavy (non-hydrogen) atoms. The third kappa shape index (κ3) is 1.98. The van der Waals surface area contributed by atoms with Crippen molar-refractivity contribution < 1.29 is 5.11 Å². The van der Waals surface area contributed by atoms with Crippen LogP contribution in [0.4, 0.5) is 0 Å². The SMILES string of the molecule is Cc1nc(C)c(C2CCC(O)CC2)s1. The maximum absolute atomic E-state index is 9.44. The molecule has 0 unspecified atom stereocenters. The molecule has 1 aromatic rings. The van der Waals surface area contributed by atoms with E-state index in [0.717, 1.165) is 25.7 Å². The van der Waals surface area contributed by atoms with Crippen LogP contribution < -0.4 is 0 Å². The second-order valence-corrected chi connectivity index (χ2v) is 5.42. The predicted molar refractivity (Wildman–Crippen MR) is 58.8 cm³/mol. The fourth-order valence-corrected chi connectivity index (χ4v) is 3.36. The van der Waals surface area contributed by atoms with E-state index in [1.807, 2.05) is 11.3 Å². The van der Waals surface area contributed by atoms with Crippen molar-refractivity contribution in [3.8, 4) is 0 Å². The van der Waals surface area contributed by atoms with Gasteiger partial charge in [0.05, 0.1) is 16.8 Å². The highest BCUT2D eigenvalue weighted by Crippen LogP contribution is 2.37. The first-order valence-corrected chi connectivity index (χ1v) is 6.10. The molecule has 1 N–H and O–H groups in total. The molecule has 0 aliphatic heterocycles. The molecular weight excluding hydrogens is 194 g/mol. The summed E-state index contributed by atoms with van der Waals surface area (Å²) >= 11 is 1.83. The van der Waals surface area contributed by atoms with Crippen molar-refractivity contribution in [2.24, 2.45) is 0 Å². The minimum absolute atomic E-state index is 0.0550. The van der Waals surface area contributed by atoms with Gasteiger partial charge in [0.25, 0.3) is 0 Å². The van der Waals surface area contributed by atoms with Crippen molar-refractivity contribution >= 4 is 11.3 Å². The van der Waals surface area contributed by atoms with Crippen LogP contribution >= 0.6 is 11.3 Å². The summed E-state index contributed by atoms with van der Waals surface area (Å²) in [6, 6.07) is 0. The molecule has 0 aromatic carbocycles. The third-order valence-corrected chi connectivity index (χ3v) is 4.24. The van der Waals surface area contributed by atoms with Crippen LogP contribution in [-0.4, -0.2) is 16.2 Å². The Hall–Kier alpha value is -0.410. The van der Waals surface area contributed by atoms with Gasteiger partial charge < -0.3 is 5.11 Å². The molecule has 1 fully saturated rings. The van der Waals surface area contributed by atoms with Gasteiger partial charge in [-0.05, 0) is 45.4 Å². The van der Waals surface area contributed by atoms with Crippen molar-refractivity contribution in [2.75, 3.05) is 0 Å². The summed E-state index contributed by atoms with van der Waals surface area (Å²) in [6.45, 7) is 4.17. The zero-order valence-electron chi connectivity index (χ0n) is 8.79. The Morgan fingerprint density at radius 1 is 1.21 bits per heavy atom. The van der Waals surface area contributed by atoms with E-state index in [-0.39, 0.29) is 6.10 Å². The van der Waals surface area contributed by atoms with Gasteiger partial charge in [-0.25, -0.2) is 4.98 Å². The van der Waals surface area contributed by atoms with Crippen LogP contribution in [0.25, 0.3) is 0 Å². The van der Waals surface area contributed by atoms with Crippen molar-refractivity contribution in [2.45, 2.75) is 51.6 Å². The number of aryl methyl sites for hydroxylation is 2. The van der Waals surface area contributed by atoms with Gasteiger partial charge in [0.2, 0.25) is 0 Å². The first-order chi connectivity index (χ1) is 6.66. The zero-order valence-corrected chi connectivity index (χ0v) is 9.60. The fraction of sp³-hybridized carbons (Fsp3) is 0.727. The smallest absolute Gasteiger partial charge is 0.0900 e. The summed E-state index contributed by atoms with van der Waals surface area (Å²) in [5, 5.41) is 10.6. The normalized spacial score (nSPS) is 27.9. The lowest BCUT2D eigenvalue weighted by molar-refractivity contribution is 0.123. The number of hydrogen-bond acceptors (Lipinski definition) is 3. The Balaban J connectivity index is 2.11. The topological polar surface area (TPSA) is 33.1 Å². The molecule has 2 rings (SSSR count). The van der Waals surface area contributed by atoms with Crippen molar-refractivity contribution in [1.82, 2.24) is 4.98 Å². The molecule has 0 saturated heterocycles. The predicted octanol–water partition coefficient (Wildman–Crippen LogP) is 2.78. The van der Waals surface area contributed by atoms with Crippen molar-refractivity contribution in [3.63, 3.8) is 0 Å². The van der Waals surface area contributed by atoms with E-state index in [4.69, 9.17) is 0 Å². The van der Waals surface area contributed by atoms with Crippen LogP contribution in [-0.2, 0) is 0 Å². The molecule has 1 saturated carbocycles. The van der Waals surface area contributed by atoms with Crippen LogP contribution in [0.3, 0.4) is 0 Å².